The third-order valence-electron chi connectivity index (χ3n) is 2.58. The van der Waals surface area contributed by atoms with Crippen molar-refractivity contribution >= 4 is 22.9 Å². The van der Waals surface area contributed by atoms with Crippen molar-refractivity contribution in [2.45, 2.75) is 19.5 Å². The highest BCUT2D eigenvalue weighted by molar-refractivity contribution is 5.82. The topological polar surface area (TPSA) is 84.2 Å². The first kappa shape index (κ1) is 12.1. The maximum Gasteiger partial charge on any atom is 0.328 e. The zero-order valence-electron chi connectivity index (χ0n) is 9.83. The van der Waals surface area contributed by atoms with E-state index in [0.717, 1.165) is 11.0 Å². The minimum Gasteiger partial charge on any atom is -0.480 e. The Morgan fingerprint density at radius 2 is 2.17 bits per heavy atom. The lowest BCUT2D eigenvalue weighted by molar-refractivity contribution is -0.141. The van der Waals surface area contributed by atoms with Crippen molar-refractivity contribution in [2.24, 2.45) is 0 Å². The number of benzene rings is 1. The summed E-state index contributed by atoms with van der Waals surface area (Å²) in [7, 11) is 0. The molecule has 1 amide bonds. The average Bonchev–Trinajstić information content (AvgIpc) is 2.71. The molecule has 18 heavy (non-hydrogen) atoms. The molecule has 1 aromatic heterocycles. The average molecular weight is 247 g/mol. The molecule has 0 saturated heterocycles. The highest BCUT2D eigenvalue weighted by Gasteiger charge is 2.19. The Bertz CT molecular complexity index is 591. The van der Waals surface area contributed by atoms with Gasteiger partial charge in [0.2, 0.25) is 5.91 Å². The first-order valence-electron chi connectivity index (χ1n) is 5.47. The Morgan fingerprint density at radius 3 is 2.83 bits per heavy atom. The number of nitrogens with one attached hydrogen (secondary N) is 1. The van der Waals surface area contributed by atoms with Gasteiger partial charge in [0.1, 0.15) is 6.04 Å². The summed E-state index contributed by atoms with van der Waals surface area (Å²) in [6.07, 6.45) is 1.57. The van der Waals surface area contributed by atoms with Crippen LogP contribution in [0.3, 0.4) is 0 Å². The van der Waals surface area contributed by atoms with Crippen LogP contribution in [0, 0.1) is 0 Å². The minimum atomic E-state index is -1.07. The molecule has 0 spiro atoms. The van der Waals surface area contributed by atoms with E-state index < -0.39 is 12.0 Å². The summed E-state index contributed by atoms with van der Waals surface area (Å²) in [5, 5.41) is 11.4. The predicted molar refractivity (Wildman–Crippen MR) is 65.0 cm³/mol. The lowest BCUT2D eigenvalue weighted by atomic mass is 10.2. The van der Waals surface area contributed by atoms with Gasteiger partial charge in [-0.2, -0.15) is 0 Å². The number of carbonyl (C=O) groups is 2. The predicted octanol–water partition coefficient (Wildman–Crippen LogP) is 0.626. The van der Waals surface area contributed by atoms with Gasteiger partial charge in [-0.15, -0.1) is 0 Å². The largest absolute Gasteiger partial charge is 0.480 e. The number of imidazole rings is 1. The molecule has 1 heterocycles. The molecule has 0 bridgehead atoms. The molecule has 6 heteroatoms. The van der Waals surface area contributed by atoms with Crippen molar-refractivity contribution in [3.8, 4) is 0 Å². The van der Waals surface area contributed by atoms with Crippen molar-refractivity contribution < 1.29 is 14.7 Å². The van der Waals surface area contributed by atoms with Crippen LogP contribution in [-0.2, 0) is 16.1 Å². The van der Waals surface area contributed by atoms with Crippen LogP contribution in [0.5, 0.6) is 0 Å². The second-order valence-corrected chi connectivity index (χ2v) is 3.98. The molecule has 1 unspecified atom stereocenters. The van der Waals surface area contributed by atoms with Gasteiger partial charge in [-0.1, -0.05) is 12.1 Å². The monoisotopic (exact) mass is 247 g/mol. The fourth-order valence-electron chi connectivity index (χ4n) is 1.78. The van der Waals surface area contributed by atoms with E-state index in [-0.39, 0.29) is 12.5 Å². The number of nitrogens with zero attached hydrogens (tertiary/aromatic N) is 2. The van der Waals surface area contributed by atoms with Gasteiger partial charge in [-0.05, 0) is 12.1 Å². The van der Waals surface area contributed by atoms with Gasteiger partial charge in [0.05, 0.1) is 23.9 Å². The maximum absolute atomic E-state index is 11.0. The third-order valence-corrected chi connectivity index (χ3v) is 2.58. The second-order valence-electron chi connectivity index (χ2n) is 3.98. The van der Waals surface area contributed by atoms with Crippen LogP contribution in [0.4, 0.5) is 0 Å². The van der Waals surface area contributed by atoms with E-state index in [2.05, 4.69) is 10.3 Å². The number of hydrogen-bond donors (Lipinski definition) is 2. The van der Waals surface area contributed by atoms with E-state index in [1.807, 2.05) is 24.3 Å². The molecule has 1 atom stereocenters. The molecule has 0 aliphatic heterocycles. The second kappa shape index (κ2) is 4.87. The third kappa shape index (κ3) is 2.48. The van der Waals surface area contributed by atoms with Gasteiger partial charge in [-0.3, -0.25) is 4.79 Å². The number of carboxylic acids is 1. The lowest BCUT2D eigenvalue weighted by Crippen LogP contribution is -2.42. The molecular formula is C12H13N3O3. The molecular weight excluding hydrogens is 234 g/mol. The number of aliphatic carboxylic acids is 1. The Balaban J connectivity index is 2.26. The van der Waals surface area contributed by atoms with E-state index in [9.17, 15) is 9.59 Å². The van der Waals surface area contributed by atoms with Crippen LogP contribution in [0.25, 0.3) is 11.0 Å². The molecule has 94 valence electrons. The fourth-order valence-corrected chi connectivity index (χ4v) is 1.78. The summed E-state index contributed by atoms with van der Waals surface area (Å²) in [5.41, 5.74) is 1.64. The normalized spacial score (nSPS) is 12.3. The number of para-hydroxylation sites is 2. The summed E-state index contributed by atoms with van der Waals surface area (Å²) >= 11 is 0. The Kier molecular flexibility index (Phi) is 3.27. The van der Waals surface area contributed by atoms with Crippen molar-refractivity contribution in [3.05, 3.63) is 30.6 Å². The van der Waals surface area contributed by atoms with Crippen LogP contribution in [0.2, 0.25) is 0 Å². The zero-order chi connectivity index (χ0) is 13.1. The molecule has 0 aliphatic carbocycles. The van der Waals surface area contributed by atoms with Crippen molar-refractivity contribution in [1.29, 1.82) is 0 Å². The molecule has 1 aromatic carbocycles. The van der Waals surface area contributed by atoms with E-state index in [0.29, 0.717) is 0 Å². The van der Waals surface area contributed by atoms with Crippen LogP contribution in [-0.4, -0.2) is 32.6 Å². The minimum absolute atomic E-state index is 0.148. The summed E-state index contributed by atoms with van der Waals surface area (Å²) in [5.74, 6) is -1.44. The number of aromatic nitrogens is 2. The first-order valence-corrected chi connectivity index (χ1v) is 5.47. The van der Waals surface area contributed by atoms with E-state index in [1.165, 1.54) is 6.92 Å². The van der Waals surface area contributed by atoms with E-state index >= 15 is 0 Å². The van der Waals surface area contributed by atoms with Crippen molar-refractivity contribution in [3.63, 3.8) is 0 Å². The van der Waals surface area contributed by atoms with Gasteiger partial charge in [0, 0.05) is 6.92 Å². The van der Waals surface area contributed by atoms with E-state index in [1.54, 1.807) is 10.9 Å². The molecule has 0 fully saturated rings. The molecule has 6 nitrogen and oxygen atoms in total. The van der Waals surface area contributed by atoms with Crippen LogP contribution in [0.1, 0.15) is 6.92 Å². The molecule has 2 rings (SSSR count). The molecule has 0 saturated carbocycles. The number of fused-ring (bicyclic) bond motifs is 1. The number of amides is 1. The Labute approximate surface area is 103 Å². The lowest BCUT2D eigenvalue weighted by Gasteiger charge is -2.14. The van der Waals surface area contributed by atoms with Crippen LogP contribution in [0.15, 0.2) is 30.6 Å². The quantitative estimate of drug-likeness (QED) is 0.829. The van der Waals surface area contributed by atoms with Gasteiger partial charge >= 0.3 is 5.97 Å². The molecule has 0 radical (unpaired) electrons. The Morgan fingerprint density at radius 1 is 1.44 bits per heavy atom. The molecule has 0 aliphatic rings. The number of rotatable bonds is 4. The zero-order valence-corrected chi connectivity index (χ0v) is 9.83. The van der Waals surface area contributed by atoms with E-state index in [4.69, 9.17) is 5.11 Å². The number of carboxylic acid groups (broad SMARTS) is 1. The standard InChI is InChI=1S/C12H13N3O3/c1-8(16)14-10(12(17)18)6-15-7-13-9-4-2-3-5-11(9)15/h2-5,7,10H,6H2,1H3,(H,14,16)(H,17,18). The smallest absolute Gasteiger partial charge is 0.328 e. The van der Waals surface area contributed by atoms with Crippen LogP contribution < -0.4 is 5.32 Å². The van der Waals surface area contributed by atoms with Gasteiger partial charge < -0.3 is 15.0 Å². The maximum atomic E-state index is 11.0. The fraction of sp³-hybridized carbons (Fsp3) is 0.250. The molecule has 2 N–H and O–H groups in total. The number of carbonyl (C=O) groups excluding carboxylic acids is 1. The first-order chi connectivity index (χ1) is 8.58. The number of hydrogen-bond acceptors (Lipinski definition) is 3. The van der Waals surface area contributed by atoms with Crippen molar-refractivity contribution in [2.75, 3.05) is 0 Å². The SMILES string of the molecule is CC(=O)NC(Cn1cnc2ccccc21)C(=O)O. The van der Waals surface area contributed by atoms with Gasteiger partial charge in [0.25, 0.3) is 0 Å². The Hall–Kier alpha value is -2.37. The van der Waals surface area contributed by atoms with Crippen LogP contribution >= 0.6 is 0 Å². The molecule has 2 aromatic rings. The highest BCUT2D eigenvalue weighted by atomic mass is 16.4. The summed E-state index contributed by atoms with van der Waals surface area (Å²) in [4.78, 5) is 26.2. The van der Waals surface area contributed by atoms with Crippen molar-refractivity contribution in [1.82, 2.24) is 14.9 Å². The highest BCUT2D eigenvalue weighted by Crippen LogP contribution is 2.12. The van der Waals surface area contributed by atoms with Gasteiger partial charge in [0.15, 0.2) is 0 Å². The summed E-state index contributed by atoms with van der Waals surface area (Å²) in [6, 6.07) is 6.46. The summed E-state index contributed by atoms with van der Waals surface area (Å²) in [6.45, 7) is 1.44. The summed E-state index contributed by atoms with van der Waals surface area (Å²) < 4.78 is 1.71. The van der Waals surface area contributed by atoms with Gasteiger partial charge in [-0.25, -0.2) is 9.78 Å².